The molecule has 8 heteroatoms. The minimum Gasteiger partial charge on any atom is -0.400 e. The third-order valence-corrected chi connectivity index (χ3v) is 4.51. The van der Waals surface area contributed by atoms with E-state index in [-0.39, 0.29) is 11.6 Å². The molecule has 0 saturated carbocycles. The largest absolute Gasteiger partial charge is 0.433 e. The summed E-state index contributed by atoms with van der Waals surface area (Å²) in [5.41, 5.74) is 5.75. The van der Waals surface area contributed by atoms with Gasteiger partial charge in [0, 0.05) is 9.86 Å². The number of halogens is 1. The lowest BCUT2D eigenvalue weighted by atomic mass is 10.0. The van der Waals surface area contributed by atoms with Crippen molar-refractivity contribution in [1.82, 2.24) is 4.98 Å². The number of furan rings is 1. The van der Waals surface area contributed by atoms with Gasteiger partial charge in [-0.05, 0) is 41.5 Å². The summed E-state index contributed by atoms with van der Waals surface area (Å²) in [5, 5.41) is 15.8. The van der Waals surface area contributed by atoms with Crippen molar-refractivity contribution in [1.29, 1.82) is 0 Å². The van der Waals surface area contributed by atoms with Gasteiger partial charge in [0.15, 0.2) is 5.76 Å². The number of nitrogens with one attached hydrogen (secondary N) is 1. The number of fused-ring (bicyclic) bond motifs is 1. The Balaban J connectivity index is 1.68. The number of hydrogen-bond acceptors (Lipinski definition) is 6. The van der Waals surface area contributed by atoms with Crippen LogP contribution in [0.2, 0.25) is 0 Å². The summed E-state index contributed by atoms with van der Waals surface area (Å²) >= 11 is 3.51. The van der Waals surface area contributed by atoms with Gasteiger partial charge in [0.1, 0.15) is 10.7 Å². The van der Waals surface area contributed by atoms with Crippen LogP contribution >= 0.6 is 15.9 Å². The molecule has 0 aliphatic carbocycles. The number of benzene rings is 2. The zero-order valence-corrected chi connectivity index (χ0v) is 16.0. The highest BCUT2D eigenvalue weighted by Gasteiger charge is 2.11. The Kier molecular flexibility index (Phi) is 4.86. The van der Waals surface area contributed by atoms with Crippen molar-refractivity contribution >= 4 is 44.7 Å². The van der Waals surface area contributed by atoms with Crippen molar-refractivity contribution in [2.45, 2.75) is 0 Å². The van der Waals surface area contributed by atoms with Crippen molar-refractivity contribution < 1.29 is 9.34 Å². The van der Waals surface area contributed by atoms with Crippen LogP contribution in [0.25, 0.3) is 22.0 Å². The topological polar surface area (TPSA) is 93.6 Å². The zero-order chi connectivity index (χ0) is 19.5. The Labute approximate surface area is 168 Å². The van der Waals surface area contributed by atoms with Gasteiger partial charge in [0.2, 0.25) is 0 Å². The lowest BCUT2D eigenvalue weighted by Gasteiger charge is -2.10. The zero-order valence-electron chi connectivity index (χ0n) is 14.4. The lowest BCUT2D eigenvalue weighted by Crippen LogP contribution is -1.95. The van der Waals surface area contributed by atoms with Crippen molar-refractivity contribution in [2.75, 3.05) is 5.43 Å². The summed E-state index contributed by atoms with van der Waals surface area (Å²) in [6.45, 7) is 0. The molecule has 2 aromatic carbocycles. The van der Waals surface area contributed by atoms with Gasteiger partial charge in [-0.25, -0.2) is 4.98 Å². The maximum Gasteiger partial charge on any atom is 0.433 e. The number of nitrogens with zero attached hydrogens (tertiary/aromatic N) is 3. The maximum atomic E-state index is 10.7. The van der Waals surface area contributed by atoms with E-state index < -0.39 is 4.92 Å². The molecule has 0 amide bonds. The van der Waals surface area contributed by atoms with E-state index in [9.17, 15) is 10.1 Å². The molecule has 0 atom stereocenters. The number of aromatic nitrogens is 1. The predicted molar refractivity (Wildman–Crippen MR) is 111 cm³/mol. The first-order chi connectivity index (χ1) is 13.6. The second-order valence-corrected chi connectivity index (χ2v) is 6.80. The van der Waals surface area contributed by atoms with Gasteiger partial charge < -0.3 is 4.42 Å². The summed E-state index contributed by atoms with van der Waals surface area (Å²) < 4.78 is 6.02. The molecule has 0 spiro atoms. The minimum absolute atomic E-state index is 0.271. The van der Waals surface area contributed by atoms with Gasteiger partial charge in [-0.15, -0.1) is 0 Å². The molecule has 0 radical (unpaired) electrons. The highest BCUT2D eigenvalue weighted by atomic mass is 79.9. The lowest BCUT2D eigenvalue weighted by molar-refractivity contribution is -0.402. The van der Waals surface area contributed by atoms with E-state index in [1.807, 2.05) is 54.6 Å². The summed E-state index contributed by atoms with van der Waals surface area (Å²) in [5.74, 6) is 0.486. The number of nitro groups is 1. The molecule has 4 aromatic rings. The molecule has 7 nitrogen and oxygen atoms in total. The molecule has 0 saturated heterocycles. The molecular weight excluding hydrogens is 424 g/mol. The van der Waals surface area contributed by atoms with Crippen molar-refractivity contribution in [3.05, 3.63) is 87.1 Å². The van der Waals surface area contributed by atoms with Gasteiger partial charge in [0.05, 0.1) is 17.8 Å². The molecule has 2 heterocycles. The summed E-state index contributed by atoms with van der Waals surface area (Å²) in [4.78, 5) is 14.7. The van der Waals surface area contributed by atoms with Crippen LogP contribution in [0.5, 0.6) is 0 Å². The Morgan fingerprint density at radius 3 is 2.68 bits per heavy atom. The van der Waals surface area contributed by atoms with Crippen molar-refractivity contribution in [2.24, 2.45) is 5.10 Å². The molecule has 0 aliphatic heterocycles. The average molecular weight is 437 g/mol. The molecule has 2 aromatic heterocycles. The molecule has 4 rings (SSSR count). The molecule has 1 N–H and O–H groups in total. The standard InChI is InChI=1S/C20H13BrN4O3/c21-14-6-8-18-17(10-14)16(13-4-2-1-3-5-13)11-19(23-18)24-22-12-15-7-9-20(28-15)25(26)27/h1-12H,(H,23,24). The van der Waals surface area contributed by atoms with E-state index in [2.05, 4.69) is 31.4 Å². The molecule has 0 bridgehead atoms. The fourth-order valence-electron chi connectivity index (χ4n) is 2.78. The Morgan fingerprint density at radius 1 is 1.11 bits per heavy atom. The third-order valence-electron chi connectivity index (χ3n) is 4.02. The first-order valence-corrected chi connectivity index (χ1v) is 9.08. The summed E-state index contributed by atoms with van der Waals surface area (Å²) in [6.07, 6.45) is 1.36. The van der Waals surface area contributed by atoms with Gasteiger partial charge in [-0.3, -0.25) is 15.5 Å². The molecule has 138 valence electrons. The highest BCUT2D eigenvalue weighted by Crippen LogP contribution is 2.32. The van der Waals surface area contributed by atoms with E-state index in [0.29, 0.717) is 5.82 Å². The minimum atomic E-state index is -0.597. The third kappa shape index (κ3) is 3.77. The Hall–Kier alpha value is -3.52. The van der Waals surface area contributed by atoms with Crippen LogP contribution in [0.4, 0.5) is 11.7 Å². The van der Waals surface area contributed by atoms with E-state index in [1.165, 1.54) is 18.3 Å². The number of rotatable bonds is 5. The SMILES string of the molecule is O=[N+]([O-])c1ccc(C=NNc2cc(-c3ccccc3)c3cc(Br)ccc3n2)o1. The first kappa shape index (κ1) is 17.9. The number of pyridine rings is 1. The summed E-state index contributed by atoms with van der Waals surface area (Å²) in [7, 11) is 0. The second kappa shape index (κ2) is 7.61. The fraction of sp³-hybridized carbons (Fsp3) is 0. The summed E-state index contributed by atoms with van der Waals surface area (Å²) in [6, 6.07) is 20.5. The number of hydrogen-bond donors (Lipinski definition) is 1. The molecular formula is C20H13BrN4O3. The normalized spacial score (nSPS) is 11.2. The van der Waals surface area contributed by atoms with Crippen LogP contribution < -0.4 is 5.43 Å². The fourth-order valence-corrected chi connectivity index (χ4v) is 3.14. The number of anilines is 1. The predicted octanol–water partition coefficient (Wildman–Crippen LogP) is 5.61. The van der Waals surface area contributed by atoms with Crippen LogP contribution in [-0.4, -0.2) is 16.1 Å². The number of hydrazone groups is 1. The van der Waals surface area contributed by atoms with Crippen molar-refractivity contribution in [3.8, 4) is 11.1 Å². The van der Waals surface area contributed by atoms with Crippen molar-refractivity contribution in [3.63, 3.8) is 0 Å². The van der Waals surface area contributed by atoms with Gasteiger partial charge in [0.25, 0.3) is 0 Å². The molecule has 0 unspecified atom stereocenters. The van der Waals surface area contributed by atoms with Crippen LogP contribution in [0.15, 0.2) is 80.7 Å². The Morgan fingerprint density at radius 2 is 1.93 bits per heavy atom. The second-order valence-electron chi connectivity index (χ2n) is 5.89. The quantitative estimate of drug-likeness (QED) is 0.249. The monoisotopic (exact) mass is 436 g/mol. The van der Waals surface area contributed by atoms with Crippen LogP contribution in [0, 0.1) is 10.1 Å². The van der Waals surface area contributed by atoms with E-state index in [4.69, 9.17) is 4.42 Å². The average Bonchev–Trinajstić information content (AvgIpc) is 3.18. The maximum absolute atomic E-state index is 10.7. The first-order valence-electron chi connectivity index (χ1n) is 8.29. The smallest absolute Gasteiger partial charge is 0.400 e. The van der Waals surface area contributed by atoms with Crippen LogP contribution in [0.3, 0.4) is 0 Å². The van der Waals surface area contributed by atoms with E-state index in [1.54, 1.807) is 0 Å². The van der Waals surface area contributed by atoms with Gasteiger partial charge >= 0.3 is 5.88 Å². The van der Waals surface area contributed by atoms with Gasteiger partial charge in [-0.1, -0.05) is 46.3 Å². The van der Waals surface area contributed by atoms with Crippen LogP contribution in [0.1, 0.15) is 5.76 Å². The Bertz CT molecular complexity index is 1190. The van der Waals surface area contributed by atoms with E-state index in [0.717, 1.165) is 26.5 Å². The highest BCUT2D eigenvalue weighted by molar-refractivity contribution is 9.10. The molecule has 0 aliphatic rings. The van der Waals surface area contributed by atoms with E-state index >= 15 is 0 Å². The van der Waals surface area contributed by atoms with Crippen LogP contribution in [-0.2, 0) is 0 Å². The molecule has 28 heavy (non-hydrogen) atoms. The molecule has 0 fully saturated rings. The van der Waals surface area contributed by atoms with Gasteiger partial charge in [-0.2, -0.15) is 5.10 Å².